The minimum Gasteiger partial charge on any atom is -0.390 e. The van der Waals surface area contributed by atoms with E-state index >= 15 is 0 Å². The molecule has 3 nitrogen and oxygen atoms in total. The highest BCUT2D eigenvalue weighted by atomic mass is 16.3. The Morgan fingerprint density at radius 3 is 2.17 bits per heavy atom. The fourth-order valence-electron chi connectivity index (χ4n) is 8.85. The first-order valence-corrected chi connectivity index (χ1v) is 16.7. The van der Waals surface area contributed by atoms with Crippen molar-refractivity contribution in [3.63, 3.8) is 0 Å². The largest absolute Gasteiger partial charge is 0.390 e. The minimum absolute atomic E-state index is 0.00533. The van der Waals surface area contributed by atoms with Crippen molar-refractivity contribution in [2.24, 2.45) is 58.2 Å². The molecule has 0 spiro atoms. The van der Waals surface area contributed by atoms with E-state index in [1.807, 2.05) is 13.8 Å². The van der Waals surface area contributed by atoms with Gasteiger partial charge in [0.25, 0.3) is 0 Å². The Morgan fingerprint density at radius 1 is 1.05 bits per heavy atom. The molecular weight excluding hydrogens is 492 g/mol. The third-order valence-electron chi connectivity index (χ3n) is 12.2. The zero-order valence-corrected chi connectivity index (χ0v) is 27.7. The average Bonchev–Trinajstić information content (AvgIpc) is 3.18. The second-order valence-electron chi connectivity index (χ2n) is 16.7. The lowest BCUT2D eigenvalue weighted by atomic mass is 9.65. The minimum atomic E-state index is -0.942. The molecule has 0 aromatic carbocycles. The summed E-state index contributed by atoms with van der Waals surface area (Å²) in [6.45, 7) is 28.3. The summed E-state index contributed by atoms with van der Waals surface area (Å²) in [6.07, 6.45) is 12.5. The topological polar surface area (TPSA) is 57.5 Å². The van der Waals surface area contributed by atoms with Crippen LogP contribution in [0.1, 0.15) is 133 Å². The van der Waals surface area contributed by atoms with Gasteiger partial charge in [-0.15, -0.1) is 6.58 Å². The third kappa shape index (κ3) is 7.34. The van der Waals surface area contributed by atoms with E-state index in [4.69, 9.17) is 0 Å². The summed E-state index contributed by atoms with van der Waals surface area (Å²) in [4.78, 5) is 14.7. The molecule has 3 heteroatoms. The molecule has 3 fully saturated rings. The molecule has 40 heavy (non-hydrogen) atoms. The molecule has 0 saturated heterocycles. The first kappa shape index (κ1) is 33.6. The molecule has 2 N–H and O–H groups in total. The Kier molecular flexibility index (Phi) is 10.4. The summed E-state index contributed by atoms with van der Waals surface area (Å²) in [5.41, 5.74) is -0.265. The van der Waals surface area contributed by atoms with Crippen LogP contribution in [0.5, 0.6) is 0 Å². The molecule has 0 heterocycles. The standard InChI is InChI=1S/C37H64O3/c1-12-17-27(37(11,40)13-2)20-24(3)31-28(21-30-32(31)35(30,8)9)33(38)29(26-18-15-14-16-19-26)23-36(10,39)22-25(4)34(5,6)7/h13,25-32,39-40H,2-3,12,14-23H2,1,4-11H3. The van der Waals surface area contributed by atoms with Crippen molar-refractivity contribution in [2.45, 2.75) is 144 Å². The maximum atomic E-state index is 14.7. The highest BCUT2D eigenvalue weighted by Gasteiger charge is 2.68. The van der Waals surface area contributed by atoms with Crippen molar-refractivity contribution >= 4 is 5.78 Å². The van der Waals surface area contributed by atoms with Gasteiger partial charge in [-0.2, -0.15) is 0 Å². The molecule has 3 aliphatic carbocycles. The Bertz CT molecular complexity index is 897. The molecule has 0 radical (unpaired) electrons. The number of ketones is 1. The zero-order chi connectivity index (χ0) is 30.3. The van der Waals surface area contributed by atoms with Gasteiger partial charge in [0.15, 0.2) is 0 Å². The summed E-state index contributed by atoms with van der Waals surface area (Å²) in [6, 6.07) is 0. The van der Waals surface area contributed by atoms with Crippen LogP contribution in [0.3, 0.4) is 0 Å². The number of carbonyl (C=O) groups is 1. The molecule has 0 amide bonds. The van der Waals surface area contributed by atoms with Gasteiger partial charge in [-0.25, -0.2) is 0 Å². The predicted octanol–water partition coefficient (Wildman–Crippen LogP) is 9.17. The quantitative estimate of drug-likeness (QED) is 0.210. The SMILES string of the molecule is C=CC(C)(O)C(CCC)CC(=C)C1C(C(=O)C(CC(C)(O)CC(C)C(C)(C)C)C2CCCCC2)CC2C1C2(C)C. The van der Waals surface area contributed by atoms with Gasteiger partial charge < -0.3 is 10.2 Å². The van der Waals surface area contributed by atoms with Crippen LogP contribution in [0.2, 0.25) is 0 Å². The maximum Gasteiger partial charge on any atom is 0.140 e. The van der Waals surface area contributed by atoms with Gasteiger partial charge in [0.05, 0.1) is 11.2 Å². The van der Waals surface area contributed by atoms with E-state index < -0.39 is 11.2 Å². The number of allylic oxidation sites excluding steroid dienone is 1. The summed E-state index contributed by atoms with van der Waals surface area (Å²) < 4.78 is 0. The number of hydrogen-bond donors (Lipinski definition) is 2. The number of hydrogen-bond acceptors (Lipinski definition) is 3. The molecule has 9 atom stereocenters. The summed E-state index contributed by atoms with van der Waals surface area (Å²) >= 11 is 0. The van der Waals surface area contributed by atoms with Gasteiger partial charge in [-0.1, -0.05) is 92.4 Å². The van der Waals surface area contributed by atoms with E-state index in [1.54, 1.807) is 6.08 Å². The van der Waals surface area contributed by atoms with Crippen LogP contribution in [-0.4, -0.2) is 27.2 Å². The zero-order valence-electron chi connectivity index (χ0n) is 27.7. The van der Waals surface area contributed by atoms with E-state index in [1.165, 1.54) is 19.3 Å². The van der Waals surface area contributed by atoms with E-state index in [-0.39, 0.29) is 34.5 Å². The fourth-order valence-corrected chi connectivity index (χ4v) is 8.85. The van der Waals surface area contributed by atoms with E-state index in [0.717, 1.165) is 50.5 Å². The number of rotatable bonds is 14. The van der Waals surface area contributed by atoms with Crippen LogP contribution in [-0.2, 0) is 4.79 Å². The van der Waals surface area contributed by atoms with Crippen LogP contribution >= 0.6 is 0 Å². The summed E-state index contributed by atoms with van der Waals surface area (Å²) in [5, 5.41) is 22.9. The first-order chi connectivity index (χ1) is 18.4. The van der Waals surface area contributed by atoms with Crippen molar-refractivity contribution in [3.05, 3.63) is 24.8 Å². The van der Waals surface area contributed by atoms with Crippen molar-refractivity contribution < 1.29 is 15.0 Å². The number of carbonyl (C=O) groups excluding carboxylic acids is 1. The van der Waals surface area contributed by atoms with Crippen LogP contribution in [0.4, 0.5) is 0 Å². The molecule has 0 bridgehead atoms. The normalized spacial score (nSPS) is 31.8. The Morgan fingerprint density at radius 2 is 1.65 bits per heavy atom. The predicted molar refractivity (Wildman–Crippen MR) is 169 cm³/mol. The smallest absolute Gasteiger partial charge is 0.140 e. The Hall–Kier alpha value is -0.930. The second-order valence-corrected chi connectivity index (χ2v) is 16.7. The summed E-state index contributed by atoms with van der Waals surface area (Å²) in [7, 11) is 0. The van der Waals surface area contributed by atoms with Crippen LogP contribution in [0.25, 0.3) is 0 Å². The van der Waals surface area contributed by atoms with Gasteiger partial charge in [0.1, 0.15) is 5.78 Å². The van der Waals surface area contributed by atoms with Gasteiger partial charge in [-0.05, 0) is 105 Å². The molecule has 0 aliphatic heterocycles. The van der Waals surface area contributed by atoms with Gasteiger partial charge in [-0.3, -0.25) is 4.79 Å². The van der Waals surface area contributed by atoms with Crippen molar-refractivity contribution in [1.29, 1.82) is 0 Å². The molecule has 0 aromatic rings. The number of fused-ring (bicyclic) bond motifs is 1. The Labute approximate surface area is 247 Å². The number of aliphatic hydroxyl groups is 2. The van der Waals surface area contributed by atoms with Crippen molar-refractivity contribution in [2.75, 3.05) is 0 Å². The maximum absolute atomic E-state index is 14.7. The molecule has 230 valence electrons. The molecule has 9 unspecified atom stereocenters. The van der Waals surface area contributed by atoms with Crippen LogP contribution in [0, 0.1) is 58.2 Å². The lowest BCUT2D eigenvalue weighted by Gasteiger charge is -2.40. The molecule has 0 aromatic heterocycles. The highest BCUT2D eigenvalue weighted by molar-refractivity contribution is 5.85. The lowest BCUT2D eigenvalue weighted by Crippen LogP contribution is -2.42. The monoisotopic (exact) mass is 556 g/mol. The second kappa shape index (κ2) is 12.4. The average molecular weight is 557 g/mol. The molecule has 3 aliphatic rings. The number of Topliss-reactive ketones (excluding diaryl/α,β-unsaturated/α-hetero) is 1. The van der Waals surface area contributed by atoms with Gasteiger partial charge in [0, 0.05) is 11.8 Å². The lowest BCUT2D eigenvalue weighted by molar-refractivity contribution is -0.134. The van der Waals surface area contributed by atoms with E-state index in [0.29, 0.717) is 35.9 Å². The van der Waals surface area contributed by atoms with Crippen molar-refractivity contribution in [3.8, 4) is 0 Å². The fraction of sp³-hybridized carbons (Fsp3) is 0.865. The van der Waals surface area contributed by atoms with Gasteiger partial charge in [0.2, 0.25) is 0 Å². The van der Waals surface area contributed by atoms with Crippen LogP contribution in [0.15, 0.2) is 24.8 Å². The molecule has 3 rings (SSSR count). The Balaban J connectivity index is 1.88. The van der Waals surface area contributed by atoms with Crippen LogP contribution < -0.4 is 0 Å². The first-order valence-electron chi connectivity index (χ1n) is 16.7. The van der Waals surface area contributed by atoms with E-state index in [2.05, 4.69) is 61.6 Å². The van der Waals surface area contributed by atoms with Gasteiger partial charge >= 0.3 is 0 Å². The van der Waals surface area contributed by atoms with E-state index in [9.17, 15) is 15.0 Å². The summed E-state index contributed by atoms with van der Waals surface area (Å²) in [5.74, 6) is 2.38. The highest BCUT2D eigenvalue weighted by Crippen LogP contribution is 2.72. The molecular formula is C37H64O3. The van der Waals surface area contributed by atoms with Crippen molar-refractivity contribution in [1.82, 2.24) is 0 Å². The third-order valence-corrected chi connectivity index (χ3v) is 12.2. The molecule has 3 saturated carbocycles.